The Balaban J connectivity index is 1.11. The van der Waals surface area contributed by atoms with Crippen molar-refractivity contribution >= 4 is 11.7 Å². The SMILES string of the molecule is O=C(OCC1c2ccccc2-c2ccccc21)N1C2C=C(c3ccc4c(c3)OCO4)CC1COC2. The van der Waals surface area contributed by atoms with Gasteiger partial charge in [0.25, 0.3) is 0 Å². The molecule has 3 aromatic carbocycles. The molecule has 2 atom stereocenters. The quantitative estimate of drug-likeness (QED) is 0.529. The molecule has 6 nitrogen and oxygen atoms in total. The summed E-state index contributed by atoms with van der Waals surface area (Å²) in [6.07, 6.45) is 2.57. The number of benzene rings is 3. The molecule has 4 aliphatic rings. The van der Waals surface area contributed by atoms with Gasteiger partial charge in [0.1, 0.15) is 6.61 Å². The Morgan fingerprint density at radius 3 is 2.43 bits per heavy atom. The maximum atomic E-state index is 13.4. The molecule has 1 aliphatic carbocycles. The highest BCUT2D eigenvalue weighted by Gasteiger charge is 2.40. The minimum Gasteiger partial charge on any atom is -0.454 e. The Morgan fingerprint density at radius 2 is 1.66 bits per heavy atom. The van der Waals surface area contributed by atoms with Gasteiger partial charge in [-0.3, -0.25) is 4.90 Å². The average molecular weight is 468 g/mol. The zero-order chi connectivity index (χ0) is 23.4. The lowest BCUT2D eigenvalue weighted by atomic mass is 9.90. The van der Waals surface area contributed by atoms with Crippen molar-refractivity contribution in [3.63, 3.8) is 0 Å². The van der Waals surface area contributed by atoms with Crippen LogP contribution in [0, 0.1) is 0 Å². The van der Waals surface area contributed by atoms with E-state index in [2.05, 4.69) is 48.5 Å². The van der Waals surface area contributed by atoms with Crippen LogP contribution in [0.15, 0.2) is 72.8 Å². The maximum absolute atomic E-state index is 13.4. The molecular formula is C29H25NO5. The predicted molar refractivity (Wildman–Crippen MR) is 130 cm³/mol. The number of fused-ring (bicyclic) bond motifs is 6. The van der Waals surface area contributed by atoms with Gasteiger partial charge in [0.2, 0.25) is 6.79 Å². The van der Waals surface area contributed by atoms with Crippen LogP contribution in [0.1, 0.15) is 29.0 Å². The highest BCUT2D eigenvalue weighted by molar-refractivity contribution is 5.79. The first kappa shape index (κ1) is 20.6. The fourth-order valence-corrected chi connectivity index (χ4v) is 5.86. The molecule has 0 aromatic heterocycles. The molecule has 0 saturated carbocycles. The molecule has 0 spiro atoms. The van der Waals surface area contributed by atoms with Crippen molar-refractivity contribution in [2.75, 3.05) is 26.6 Å². The molecule has 0 radical (unpaired) electrons. The van der Waals surface area contributed by atoms with Crippen molar-refractivity contribution < 1.29 is 23.7 Å². The van der Waals surface area contributed by atoms with Crippen molar-refractivity contribution in [3.05, 3.63) is 89.5 Å². The van der Waals surface area contributed by atoms with Gasteiger partial charge in [-0.2, -0.15) is 0 Å². The lowest BCUT2D eigenvalue weighted by Crippen LogP contribution is -2.56. The zero-order valence-electron chi connectivity index (χ0n) is 19.2. The van der Waals surface area contributed by atoms with Crippen molar-refractivity contribution in [2.45, 2.75) is 24.4 Å². The van der Waals surface area contributed by atoms with E-state index in [0.29, 0.717) is 26.2 Å². The molecule has 7 rings (SSSR count). The minimum absolute atomic E-state index is 0.0481. The van der Waals surface area contributed by atoms with E-state index < -0.39 is 0 Å². The molecule has 2 bridgehead atoms. The third-order valence-corrected chi connectivity index (χ3v) is 7.49. The van der Waals surface area contributed by atoms with E-state index in [9.17, 15) is 4.79 Å². The molecule has 176 valence electrons. The molecule has 0 N–H and O–H groups in total. The second kappa shape index (κ2) is 8.17. The van der Waals surface area contributed by atoms with Crippen molar-refractivity contribution in [2.24, 2.45) is 0 Å². The topological polar surface area (TPSA) is 57.2 Å². The summed E-state index contributed by atoms with van der Waals surface area (Å²) in [6.45, 7) is 1.55. The third kappa shape index (κ3) is 3.40. The molecule has 6 heteroatoms. The van der Waals surface area contributed by atoms with E-state index >= 15 is 0 Å². The lowest BCUT2D eigenvalue weighted by Gasteiger charge is -2.44. The van der Waals surface area contributed by atoms with Crippen LogP contribution >= 0.6 is 0 Å². The highest BCUT2D eigenvalue weighted by atomic mass is 16.7. The fourth-order valence-electron chi connectivity index (χ4n) is 5.86. The summed E-state index contributed by atoms with van der Waals surface area (Å²) in [6, 6.07) is 22.6. The van der Waals surface area contributed by atoms with Gasteiger partial charge in [0, 0.05) is 5.92 Å². The van der Waals surface area contributed by atoms with Crippen molar-refractivity contribution in [1.82, 2.24) is 4.90 Å². The Labute approximate surface area is 203 Å². The van der Waals surface area contributed by atoms with E-state index in [4.69, 9.17) is 18.9 Å². The van der Waals surface area contributed by atoms with Gasteiger partial charge in [0.05, 0.1) is 25.3 Å². The number of hydrogen-bond acceptors (Lipinski definition) is 5. The second-order valence-electron chi connectivity index (χ2n) is 9.43. The van der Waals surface area contributed by atoms with Gasteiger partial charge in [-0.1, -0.05) is 60.7 Å². The molecule has 1 amide bonds. The standard InChI is InChI=1S/C29H25NO5/c31-29(33-16-26-24-7-3-1-5-22(24)23-6-2-4-8-25(23)26)30-20-11-19(12-21(30)15-32-14-20)18-9-10-27-28(13-18)35-17-34-27/h1-11,13,20-21,26H,12,14-17H2. The van der Waals surface area contributed by atoms with Crippen LogP contribution in [0.25, 0.3) is 16.7 Å². The van der Waals surface area contributed by atoms with Gasteiger partial charge in [-0.15, -0.1) is 0 Å². The highest BCUT2D eigenvalue weighted by Crippen LogP contribution is 2.45. The molecule has 2 unspecified atom stereocenters. The van der Waals surface area contributed by atoms with E-state index in [1.807, 2.05) is 29.2 Å². The molecule has 3 heterocycles. The Kier molecular flexibility index (Phi) is 4.81. The molecular weight excluding hydrogens is 442 g/mol. The van der Waals surface area contributed by atoms with E-state index in [-0.39, 0.29) is 30.9 Å². The molecule has 3 aromatic rings. The normalized spacial score (nSPS) is 21.8. The van der Waals surface area contributed by atoms with Gasteiger partial charge >= 0.3 is 6.09 Å². The number of amides is 1. The number of nitrogens with zero attached hydrogens (tertiary/aromatic N) is 1. The van der Waals surface area contributed by atoms with Crippen molar-refractivity contribution in [3.8, 4) is 22.6 Å². The summed E-state index contributed by atoms with van der Waals surface area (Å²) in [4.78, 5) is 15.2. The summed E-state index contributed by atoms with van der Waals surface area (Å²) in [5.41, 5.74) is 7.18. The smallest absolute Gasteiger partial charge is 0.410 e. The van der Waals surface area contributed by atoms with E-state index in [0.717, 1.165) is 17.1 Å². The van der Waals surface area contributed by atoms with E-state index in [1.165, 1.54) is 27.8 Å². The Morgan fingerprint density at radius 1 is 0.914 bits per heavy atom. The number of carbonyl (C=O) groups excluding carboxylic acids is 1. The lowest BCUT2D eigenvalue weighted by molar-refractivity contribution is -0.0331. The van der Waals surface area contributed by atoms with Crippen LogP contribution < -0.4 is 9.47 Å². The molecule has 3 aliphatic heterocycles. The van der Waals surface area contributed by atoms with Gasteiger partial charge in [-0.05, 0) is 51.9 Å². The summed E-state index contributed by atoms with van der Waals surface area (Å²) in [5.74, 6) is 1.59. The summed E-state index contributed by atoms with van der Waals surface area (Å²) < 4.78 is 22.8. The minimum atomic E-state index is -0.272. The largest absolute Gasteiger partial charge is 0.454 e. The molecule has 1 fully saturated rings. The first-order valence-corrected chi connectivity index (χ1v) is 12.1. The van der Waals surface area contributed by atoms with Crippen LogP contribution in [0.4, 0.5) is 4.79 Å². The fraction of sp³-hybridized carbons (Fsp3) is 0.276. The summed E-state index contributed by atoms with van der Waals surface area (Å²) in [7, 11) is 0. The zero-order valence-corrected chi connectivity index (χ0v) is 19.2. The Hall–Kier alpha value is -3.77. The van der Waals surface area contributed by atoms with Gasteiger partial charge in [-0.25, -0.2) is 4.79 Å². The van der Waals surface area contributed by atoms with E-state index in [1.54, 1.807) is 0 Å². The number of carbonyl (C=O) groups is 1. The number of rotatable bonds is 3. The number of hydrogen-bond donors (Lipinski definition) is 0. The van der Waals surface area contributed by atoms with Crippen LogP contribution in [-0.4, -0.2) is 49.7 Å². The van der Waals surface area contributed by atoms with Crippen molar-refractivity contribution in [1.29, 1.82) is 0 Å². The van der Waals surface area contributed by atoms with Crippen LogP contribution in [0.2, 0.25) is 0 Å². The van der Waals surface area contributed by atoms with Crippen LogP contribution in [0.3, 0.4) is 0 Å². The Bertz CT molecular complexity index is 1300. The van der Waals surface area contributed by atoms with Crippen LogP contribution in [0.5, 0.6) is 11.5 Å². The number of ether oxygens (including phenoxy) is 4. The monoisotopic (exact) mass is 467 g/mol. The predicted octanol–water partition coefficient (Wildman–Crippen LogP) is 5.22. The van der Waals surface area contributed by atoms with Gasteiger partial charge in [0.15, 0.2) is 11.5 Å². The summed E-state index contributed by atoms with van der Waals surface area (Å²) >= 11 is 0. The van der Waals surface area contributed by atoms with Crippen LogP contribution in [-0.2, 0) is 9.47 Å². The van der Waals surface area contributed by atoms with Gasteiger partial charge < -0.3 is 18.9 Å². The molecule has 1 saturated heterocycles. The first-order chi connectivity index (χ1) is 17.3. The third-order valence-electron chi connectivity index (χ3n) is 7.49. The summed E-state index contributed by atoms with van der Waals surface area (Å²) in [5, 5.41) is 0. The maximum Gasteiger partial charge on any atom is 0.410 e. The first-order valence-electron chi connectivity index (χ1n) is 12.1. The number of morpholine rings is 1. The average Bonchev–Trinajstić information content (AvgIpc) is 3.48. The second-order valence-corrected chi connectivity index (χ2v) is 9.43. The molecule has 35 heavy (non-hydrogen) atoms.